The largest absolute Gasteiger partial charge is 0.504 e. The van der Waals surface area contributed by atoms with E-state index >= 15 is 0 Å². The molecule has 2 N–H and O–H groups in total. The lowest BCUT2D eigenvalue weighted by Gasteiger charge is -2.65. The van der Waals surface area contributed by atoms with Crippen molar-refractivity contribution in [3.63, 3.8) is 0 Å². The number of rotatable bonds is 7. The van der Waals surface area contributed by atoms with Gasteiger partial charge in [-0.1, -0.05) is 6.07 Å². The van der Waals surface area contributed by atoms with Crippen LogP contribution in [0.3, 0.4) is 0 Å². The molecular weight excluding hydrogens is 444 g/mol. The Morgan fingerprint density at radius 2 is 2.06 bits per heavy atom. The van der Waals surface area contributed by atoms with Crippen molar-refractivity contribution in [2.24, 2.45) is 5.92 Å². The number of carbonyl (C=O) groups is 1. The second-order valence-corrected chi connectivity index (χ2v) is 12.4. The maximum absolute atomic E-state index is 12.3. The van der Waals surface area contributed by atoms with Gasteiger partial charge in [0.05, 0.1) is 17.4 Å². The molecule has 2 saturated carbocycles. The Bertz CT molecular complexity index is 1020. The average molecular weight is 485 g/mol. The second kappa shape index (κ2) is 8.09. The number of esters is 1. The number of piperidine rings is 1. The van der Waals surface area contributed by atoms with Gasteiger partial charge in [0.1, 0.15) is 11.7 Å². The minimum atomic E-state index is -0.478. The summed E-state index contributed by atoms with van der Waals surface area (Å²) in [5.41, 5.74) is 1.38. The van der Waals surface area contributed by atoms with Crippen LogP contribution in [0.1, 0.15) is 70.4 Å². The number of phenolic OH excluding ortho intramolecular Hbond substituents is 1. The number of benzene rings is 1. The number of carbonyl (C=O) groups excluding carboxylic acids is 1. The molecule has 3 aliphatic carbocycles. The molecule has 1 aromatic carbocycles. The maximum Gasteiger partial charge on any atom is 0.307 e. The molecule has 3 fully saturated rings. The van der Waals surface area contributed by atoms with E-state index in [2.05, 4.69) is 16.3 Å². The first-order valence-corrected chi connectivity index (χ1v) is 13.4. The molecule has 2 unspecified atom stereocenters. The van der Waals surface area contributed by atoms with Gasteiger partial charge < -0.3 is 24.6 Å². The van der Waals surface area contributed by atoms with E-state index < -0.39 is 5.60 Å². The van der Waals surface area contributed by atoms with Gasteiger partial charge in [-0.3, -0.25) is 9.69 Å². The number of hydrogen-bond acceptors (Lipinski definition) is 7. The molecule has 5 atom stereocenters. The van der Waals surface area contributed by atoms with Crippen molar-refractivity contribution in [1.29, 1.82) is 0 Å². The summed E-state index contributed by atoms with van der Waals surface area (Å²) in [4.78, 5) is 15.0. The summed E-state index contributed by atoms with van der Waals surface area (Å²) in [6.45, 7) is 8.42. The standard InChI is InChI=1S/C28H40N2O5/c1-26(2,3)35-22(32)10-13-29-19-9-11-28(33-4)21-15-18-7-8-20(31)24-23(18)27(28,25(19)34-24)12-14-30(21)16-17-5-6-17/h7-8,17,19,21,25,29,31H,5-6,9-16H2,1-4H3/t19?,21?,25-,27-,28+/m0/s1. The van der Waals surface area contributed by atoms with Gasteiger partial charge in [0, 0.05) is 37.8 Å². The van der Waals surface area contributed by atoms with Gasteiger partial charge in [0.25, 0.3) is 0 Å². The molecule has 35 heavy (non-hydrogen) atoms. The van der Waals surface area contributed by atoms with Gasteiger partial charge in [-0.15, -0.1) is 0 Å². The molecule has 2 heterocycles. The third-order valence-electron chi connectivity index (χ3n) is 9.24. The van der Waals surface area contributed by atoms with Crippen LogP contribution in [0.5, 0.6) is 11.5 Å². The average Bonchev–Trinajstić information content (AvgIpc) is 3.54. The Morgan fingerprint density at radius 3 is 2.77 bits per heavy atom. The van der Waals surface area contributed by atoms with Gasteiger partial charge in [-0.05, 0) is 83.4 Å². The number of methoxy groups -OCH3 is 1. The summed E-state index contributed by atoms with van der Waals surface area (Å²) in [6.07, 6.45) is 6.63. The third-order valence-corrected chi connectivity index (χ3v) is 9.24. The van der Waals surface area contributed by atoms with Crippen molar-refractivity contribution in [2.75, 3.05) is 26.7 Å². The van der Waals surface area contributed by atoms with Gasteiger partial charge in [0.15, 0.2) is 11.5 Å². The van der Waals surface area contributed by atoms with Crippen LogP contribution in [0.15, 0.2) is 12.1 Å². The lowest BCUT2D eigenvalue weighted by atomic mass is 9.48. The van der Waals surface area contributed by atoms with Gasteiger partial charge >= 0.3 is 5.97 Å². The minimum absolute atomic E-state index is 0.0779. The quantitative estimate of drug-likeness (QED) is 0.575. The molecule has 6 rings (SSSR count). The minimum Gasteiger partial charge on any atom is -0.504 e. The van der Waals surface area contributed by atoms with Gasteiger partial charge in [-0.25, -0.2) is 0 Å². The highest BCUT2D eigenvalue weighted by molar-refractivity contribution is 5.70. The Kier molecular flexibility index (Phi) is 5.44. The SMILES string of the molecule is CO[C@@]12CCC(NCCC(=O)OC(C)(C)C)[C@@H]3Oc4c(O)ccc5c4[C@@]31CCN(CC1CC1)C2C5. The van der Waals surface area contributed by atoms with Crippen LogP contribution in [0.2, 0.25) is 0 Å². The van der Waals surface area contributed by atoms with Crippen LogP contribution >= 0.6 is 0 Å². The topological polar surface area (TPSA) is 80.3 Å². The predicted octanol–water partition coefficient (Wildman–Crippen LogP) is 3.30. The van der Waals surface area contributed by atoms with Crippen molar-refractivity contribution in [1.82, 2.24) is 10.2 Å². The molecule has 5 aliphatic rings. The Hall–Kier alpha value is -1.83. The van der Waals surface area contributed by atoms with Crippen LogP contribution in [-0.2, 0) is 26.1 Å². The van der Waals surface area contributed by atoms with Crippen LogP contribution in [-0.4, -0.2) is 72.1 Å². The molecule has 1 saturated heterocycles. The van der Waals surface area contributed by atoms with E-state index in [4.69, 9.17) is 14.2 Å². The monoisotopic (exact) mass is 484 g/mol. The molecule has 7 heteroatoms. The zero-order chi connectivity index (χ0) is 24.6. The summed E-state index contributed by atoms with van der Waals surface area (Å²) in [6, 6.07) is 4.30. The highest BCUT2D eigenvalue weighted by Crippen LogP contribution is 2.66. The van der Waals surface area contributed by atoms with E-state index in [-0.39, 0.29) is 34.9 Å². The Labute approximate surface area is 208 Å². The number of nitrogens with zero attached hydrogens (tertiary/aromatic N) is 1. The summed E-state index contributed by atoms with van der Waals surface area (Å²) in [5, 5.41) is 14.5. The number of hydrogen-bond donors (Lipinski definition) is 2. The molecule has 7 nitrogen and oxygen atoms in total. The lowest BCUT2D eigenvalue weighted by Crippen LogP contribution is -2.78. The summed E-state index contributed by atoms with van der Waals surface area (Å²) in [7, 11) is 1.88. The van der Waals surface area contributed by atoms with Gasteiger partial charge in [-0.2, -0.15) is 0 Å². The molecule has 1 aromatic rings. The van der Waals surface area contributed by atoms with Crippen molar-refractivity contribution in [2.45, 2.75) is 101 Å². The fraction of sp³-hybridized carbons (Fsp3) is 0.750. The molecule has 0 amide bonds. The Morgan fingerprint density at radius 1 is 1.26 bits per heavy atom. The van der Waals surface area contributed by atoms with E-state index in [0.717, 1.165) is 44.7 Å². The molecule has 192 valence electrons. The number of nitrogens with one attached hydrogen (secondary N) is 1. The highest BCUT2D eigenvalue weighted by atomic mass is 16.6. The van der Waals surface area contributed by atoms with E-state index in [9.17, 15) is 9.90 Å². The fourth-order valence-electron chi connectivity index (χ4n) is 7.83. The molecule has 0 radical (unpaired) electrons. The Balaban J connectivity index is 1.32. The smallest absolute Gasteiger partial charge is 0.307 e. The van der Waals surface area contributed by atoms with Crippen LogP contribution in [0, 0.1) is 5.92 Å². The van der Waals surface area contributed by atoms with Crippen molar-refractivity contribution in [3.8, 4) is 11.5 Å². The third kappa shape index (κ3) is 3.52. The first-order valence-electron chi connectivity index (χ1n) is 13.4. The lowest BCUT2D eigenvalue weighted by molar-refractivity contribution is -0.207. The molecular formula is C28H40N2O5. The normalized spacial score (nSPS) is 35.4. The van der Waals surface area contributed by atoms with Crippen LogP contribution < -0.4 is 10.1 Å². The van der Waals surface area contributed by atoms with Crippen molar-refractivity contribution < 1.29 is 24.1 Å². The molecule has 1 spiro atoms. The van der Waals surface area contributed by atoms with Crippen molar-refractivity contribution in [3.05, 3.63) is 23.3 Å². The van der Waals surface area contributed by atoms with E-state index in [1.54, 1.807) is 6.07 Å². The number of phenols is 1. The summed E-state index contributed by atoms with van der Waals surface area (Å²) in [5.74, 6) is 1.52. The first-order chi connectivity index (χ1) is 16.7. The van der Waals surface area contributed by atoms with E-state index in [1.807, 2.05) is 27.9 Å². The van der Waals surface area contributed by atoms with Crippen LogP contribution in [0.25, 0.3) is 0 Å². The second-order valence-electron chi connectivity index (χ2n) is 12.4. The molecule has 2 bridgehead atoms. The number of aromatic hydroxyl groups is 1. The zero-order valence-corrected chi connectivity index (χ0v) is 21.6. The van der Waals surface area contributed by atoms with Crippen LogP contribution in [0.4, 0.5) is 0 Å². The zero-order valence-electron chi connectivity index (χ0n) is 21.6. The maximum atomic E-state index is 12.3. The van der Waals surface area contributed by atoms with Gasteiger partial charge in [0.2, 0.25) is 0 Å². The molecule has 2 aliphatic heterocycles. The first kappa shape index (κ1) is 23.6. The molecule has 0 aromatic heterocycles. The summed E-state index contributed by atoms with van der Waals surface area (Å²) < 4.78 is 18.8. The summed E-state index contributed by atoms with van der Waals surface area (Å²) >= 11 is 0. The van der Waals surface area contributed by atoms with E-state index in [1.165, 1.54) is 24.0 Å². The highest BCUT2D eigenvalue weighted by Gasteiger charge is 2.73. The fourth-order valence-corrected chi connectivity index (χ4v) is 7.83. The van der Waals surface area contributed by atoms with E-state index in [0.29, 0.717) is 24.8 Å². The van der Waals surface area contributed by atoms with Crippen molar-refractivity contribution >= 4 is 5.97 Å². The number of likely N-dealkylation sites (tertiary alicyclic amines) is 1. The predicted molar refractivity (Wildman–Crippen MR) is 132 cm³/mol. The number of ether oxygens (including phenoxy) is 3.